The number of methoxy groups -OCH3 is 1. The molecule has 0 aliphatic rings. The molecule has 0 heterocycles. The highest BCUT2D eigenvalue weighted by atomic mass is 16.5. The Morgan fingerprint density at radius 1 is 1.14 bits per heavy atom. The fraction of sp³-hybridized carbons (Fsp3) is 0.235. The molecule has 0 saturated heterocycles. The predicted molar refractivity (Wildman–Crippen MR) is 82.6 cm³/mol. The number of carbonyl (C=O) groups excluding carboxylic acids is 1. The Balaban J connectivity index is 1.75. The molecule has 0 aliphatic heterocycles. The van der Waals surface area contributed by atoms with Crippen LogP contribution in [0.1, 0.15) is 17.2 Å². The van der Waals surface area contributed by atoms with Crippen LogP contribution in [0.3, 0.4) is 0 Å². The zero-order chi connectivity index (χ0) is 15.8. The molecule has 5 nitrogen and oxygen atoms in total. The maximum absolute atomic E-state index is 11.6. The third-order valence-electron chi connectivity index (χ3n) is 3.15. The van der Waals surface area contributed by atoms with Crippen molar-refractivity contribution in [2.45, 2.75) is 12.7 Å². The van der Waals surface area contributed by atoms with Crippen molar-refractivity contribution >= 4 is 6.09 Å². The van der Waals surface area contributed by atoms with E-state index in [0.717, 1.165) is 5.56 Å². The minimum Gasteiger partial charge on any atom is -0.497 e. The first kappa shape index (κ1) is 15.9. The SMILES string of the molecule is COc1ccc([C@H](O)CNC(=O)OCc2ccccc2)cc1. The predicted octanol–water partition coefficient (Wildman–Crippen LogP) is 2.66. The Morgan fingerprint density at radius 2 is 1.82 bits per heavy atom. The van der Waals surface area contributed by atoms with Gasteiger partial charge < -0.3 is 19.9 Å². The largest absolute Gasteiger partial charge is 0.497 e. The quantitative estimate of drug-likeness (QED) is 0.860. The van der Waals surface area contributed by atoms with Gasteiger partial charge in [-0.05, 0) is 23.3 Å². The van der Waals surface area contributed by atoms with Gasteiger partial charge in [-0.1, -0.05) is 42.5 Å². The average Bonchev–Trinajstić information content (AvgIpc) is 2.58. The van der Waals surface area contributed by atoms with Crippen LogP contribution < -0.4 is 10.1 Å². The second-order valence-corrected chi connectivity index (χ2v) is 4.73. The molecule has 0 aromatic heterocycles. The Morgan fingerprint density at radius 3 is 2.45 bits per heavy atom. The summed E-state index contributed by atoms with van der Waals surface area (Å²) in [6.07, 6.45) is -1.36. The lowest BCUT2D eigenvalue weighted by molar-refractivity contribution is 0.126. The minimum atomic E-state index is -0.796. The van der Waals surface area contributed by atoms with E-state index in [1.54, 1.807) is 31.4 Å². The highest BCUT2D eigenvalue weighted by Gasteiger charge is 2.10. The Bertz CT molecular complexity index is 583. The van der Waals surface area contributed by atoms with Crippen molar-refractivity contribution in [3.8, 4) is 5.75 Å². The Labute approximate surface area is 129 Å². The van der Waals surface area contributed by atoms with Crippen LogP contribution in [-0.2, 0) is 11.3 Å². The van der Waals surface area contributed by atoms with Gasteiger partial charge in [0.1, 0.15) is 12.4 Å². The van der Waals surface area contributed by atoms with Crippen molar-refractivity contribution in [1.82, 2.24) is 5.32 Å². The lowest BCUT2D eigenvalue weighted by Gasteiger charge is -2.13. The van der Waals surface area contributed by atoms with Crippen molar-refractivity contribution < 1.29 is 19.4 Å². The second kappa shape index (κ2) is 8.05. The fourth-order valence-corrected chi connectivity index (χ4v) is 1.90. The van der Waals surface area contributed by atoms with E-state index < -0.39 is 12.2 Å². The molecule has 2 rings (SSSR count). The molecule has 2 aromatic carbocycles. The number of hydrogen-bond acceptors (Lipinski definition) is 4. The summed E-state index contributed by atoms with van der Waals surface area (Å²) in [6, 6.07) is 16.4. The number of aliphatic hydroxyl groups excluding tert-OH is 1. The summed E-state index contributed by atoms with van der Waals surface area (Å²) in [4.78, 5) is 11.6. The molecule has 2 aromatic rings. The standard InChI is InChI=1S/C17H19NO4/c1-21-15-9-7-14(8-10-15)16(19)11-18-17(20)22-12-13-5-3-2-4-6-13/h2-10,16,19H,11-12H2,1H3,(H,18,20)/t16-/m1/s1. The number of alkyl carbamates (subject to hydrolysis) is 1. The maximum atomic E-state index is 11.6. The van der Waals surface area contributed by atoms with Gasteiger partial charge in [-0.3, -0.25) is 0 Å². The number of rotatable bonds is 6. The topological polar surface area (TPSA) is 67.8 Å². The van der Waals surface area contributed by atoms with E-state index in [1.807, 2.05) is 30.3 Å². The molecule has 0 unspecified atom stereocenters. The third-order valence-corrected chi connectivity index (χ3v) is 3.15. The Hall–Kier alpha value is -2.53. The summed E-state index contributed by atoms with van der Waals surface area (Å²) in [6.45, 7) is 0.283. The molecule has 1 amide bonds. The van der Waals surface area contributed by atoms with Crippen LogP contribution in [-0.4, -0.2) is 24.9 Å². The van der Waals surface area contributed by atoms with E-state index in [-0.39, 0.29) is 13.2 Å². The van der Waals surface area contributed by atoms with Crippen molar-refractivity contribution in [2.24, 2.45) is 0 Å². The number of nitrogens with one attached hydrogen (secondary N) is 1. The first-order valence-electron chi connectivity index (χ1n) is 6.95. The van der Waals surface area contributed by atoms with Crippen LogP contribution in [0.4, 0.5) is 4.79 Å². The van der Waals surface area contributed by atoms with E-state index in [2.05, 4.69) is 5.32 Å². The average molecular weight is 301 g/mol. The highest BCUT2D eigenvalue weighted by molar-refractivity contribution is 5.67. The summed E-state index contributed by atoms with van der Waals surface area (Å²) >= 11 is 0. The van der Waals surface area contributed by atoms with Gasteiger partial charge in [0.05, 0.1) is 19.8 Å². The zero-order valence-corrected chi connectivity index (χ0v) is 12.4. The molecule has 0 aliphatic carbocycles. The summed E-state index contributed by atoms with van der Waals surface area (Å²) in [5.74, 6) is 0.714. The molecule has 0 spiro atoms. The molecule has 0 saturated carbocycles. The molecule has 5 heteroatoms. The molecule has 22 heavy (non-hydrogen) atoms. The van der Waals surface area contributed by atoms with Crippen molar-refractivity contribution in [1.29, 1.82) is 0 Å². The summed E-state index contributed by atoms with van der Waals surface area (Å²) in [5.41, 5.74) is 1.61. The van der Waals surface area contributed by atoms with E-state index in [9.17, 15) is 9.90 Å². The van der Waals surface area contributed by atoms with Gasteiger partial charge in [-0.15, -0.1) is 0 Å². The van der Waals surface area contributed by atoms with Gasteiger partial charge in [-0.25, -0.2) is 4.79 Å². The van der Waals surface area contributed by atoms with E-state index in [4.69, 9.17) is 9.47 Å². The van der Waals surface area contributed by atoms with Gasteiger partial charge in [0, 0.05) is 0 Å². The first-order chi connectivity index (χ1) is 10.7. The molecular weight excluding hydrogens is 282 g/mol. The number of aliphatic hydroxyl groups is 1. The van der Waals surface area contributed by atoms with Crippen LogP contribution >= 0.6 is 0 Å². The number of carbonyl (C=O) groups is 1. The van der Waals surface area contributed by atoms with Crippen LogP contribution in [0.2, 0.25) is 0 Å². The highest BCUT2D eigenvalue weighted by Crippen LogP contribution is 2.16. The first-order valence-corrected chi connectivity index (χ1v) is 6.95. The minimum absolute atomic E-state index is 0.0833. The van der Waals surface area contributed by atoms with Gasteiger partial charge in [0.2, 0.25) is 0 Å². The summed E-state index contributed by atoms with van der Waals surface area (Å²) in [5, 5.41) is 12.5. The third kappa shape index (κ3) is 4.79. The van der Waals surface area contributed by atoms with Crippen LogP contribution in [0, 0.1) is 0 Å². The smallest absolute Gasteiger partial charge is 0.407 e. The molecule has 0 radical (unpaired) electrons. The van der Waals surface area contributed by atoms with Crippen molar-refractivity contribution in [2.75, 3.05) is 13.7 Å². The van der Waals surface area contributed by atoms with Gasteiger partial charge in [0.15, 0.2) is 0 Å². The normalized spacial score (nSPS) is 11.5. The lowest BCUT2D eigenvalue weighted by atomic mass is 10.1. The summed E-state index contributed by atoms with van der Waals surface area (Å²) in [7, 11) is 1.58. The number of amides is 1. The molecule has 116 valence electrons. The fourth-order valence-electron chi connectivity index (χ4n) is 1.90. The number of hydrogen-bond donors (Lipinski definition) is 2. The zero-order valence-electron chi connectivity index (χ0n) is 12.4. The van der Waals surface area contributed by atoms with Gasteiger partial charge in [0.25, 0.3) is 0 Å². The van der Waals surface area contributed by atoms with Gasteiger partial charge >= 0.3 is 6.09 Å². The van der Waals surface area contributed by atoms with Crippen LogP contribution in [0.25, 0.3) is 0 Å². The van der Waals surface area contributed by atoms with Crippen molar-refractivity contribution in [3.05, 3.63) is 65.7 Å². The maximum Gasteiger partial charge on any atom is 0.407 e. The van der Waals surface area contributed by atoms with Crippen LogP contribution in [0.15, 0.2) is 54.6 Å². The number of ether oxygens (including phenoxy) is 2. The van der Waals surface area contributed by atoms with E-state index in [0.29, 0.717) is 11.3 Å². The summed E-state index contributed by atoms with van der Waals surface area (Å²) < 4.78 is 10.1. The molecule has 1 atom stereocenters. The number of benzene rings is 2. The molecule has 0 fully saturated rings. The molecule has 0 bridgehead atoms. The van der Waals surface area contributed by atoms with E-state index >= 15 is 0 Å². The molecular formula is C17H19NO4. The lowest BCUT2D eigenvalue weighted by Crippen LogP contribution is -2.28. The van der Waals surface area contributed by atoms with Crippen LogP contribution in [0.5, 0.6) is 5.75 Å². The Kier molecular flexibility index (Phi) is 5.80. The van der Waals surface area contributed by atoms with Crippen molar-refractivity contribution in [3.63, 3.8) is 0 Å². The van der Waals surface area contributed by atoms with Gasteiger partial charge in [-0.2, -0.15) is 0 Å². The van der Waals surface area contributed by atoms with E-state index in [1.165, 1.54) is 0 Å². The monoisotopic (exact) mass is 301 g/mol. The second-order valence-electron chi connectivity index (χ2n) is 4.73. The molecule has 2 N–H and O–H groups in total.